The van der Waals surface area contributed by atoms with Gasteiger partial charge in [0.05, 0.1) is 0 Å². The summed E-state index contributed by atoms with van der Waals surface area (Å²) in [5.74, 6) is 0. The van der Waals surface area contributed by atoms with Gasteiger partial charge in [-0.15, -0.1) is 0 Å². The molecule has 0 spiro atoms. The van der Waals surface area contributed by atoms with E-state index in [2.05, 4.69) is 36.1 Å². The molecule has 0 aliphatic carbocycles. The molecule has 1 aliphatic rings. The maximum atomic E-state index is 5.61. The third-order valence-corrected chi connectivity index (χ3v) is 3.80. The van der Waals surface area contributed by atoms with E-state index in [0.717, 1.165) is 6.42 Å². The Morgan fingerprint density at radius 3 is 2.24 bits per heavy atom. The van der Waals surface area contributed by atoms with Crippen LogP contribution < -0.4 is 5.73 Å². The summed E-state index contributed by atoms with van der Waals surface area (Å²) >= 11 is 0. The first-order valence-corrected chi connectivity index (χ1v) is 6.81. The first-order chi connectivity index (χ1) is 8.29. The van der Waals surface area contributed by atoms with Crippen LogP contribution in [0.3, 0.4) is 0 Å². The van der Waals surface area contributed by atoms with Crippen molar-refractivity contribution in [3.63, 3.8) is 0 Å². The first-order valence-electron chi connectivity index (χ1n) is 6.81. The highest BCUT2D eigenvalue weighted by molar-refractivity contribution is 5.23. The molecule has 1 fully saturated rings. The van der Waals surface area contributed by atoms with E-state index in [4.69, 9.17) is 5.73 Å². The lowest BCUT2D eigenvalue weighted by Crippen LogP contribution is -2.38. The molecule has 1 aromatic carbocycles. The molecule has 1 aliphatic heterocycles. The Kier molecular flexibility index (Phi) is 4.57. The lowest BCUT2D eigenvalue weighted by atomic mass is 10.0. The number of piperidine rings is 1. The molecule has 0 aromatic heterocycles. The number of nitrogens with zero attached hydrogens (tertiary/aromatic N) is 1. The zero-order valence-corrected chi connectivity index (χ0v) is 10.9. The summed E-state index contributed by atoms with van der Waals surface area (Å²) < 4.78 is 0. The average molecular weight is 232 g/mol. The predicted molar refractivity (Wildman–Crippen MR) is 72.9 cm³/mol. The molecule has 2 heteroatoms. The van der Waals surface area contributed by atoms with Gasteiger partial charge in [0.1, 0.15) is 0 Å². The van der Waals surface area contributed by atoms with Crippen LogP contribution >= 0.6 is 0 Å². The molecule has 1 aromatic rings. The molecule has 17 heavy (non-hydrogen) atoms. The standard InChI is InChI=1S/C15H24N2/c1-13(17-9-3-2-4-10-17)11-14-5-7-15(12-16)8-6-14/h5-8,13H,2-4,9-12,16H2,1H3. The van der Waals surface area contributed by atoms with Crippen molar-refractivity contribution < 1.29 is 0 Å². The number of hydrogen-bond acceptors (Lipinski definition) is 2. The Bertz CT molecular complexity index is 325. The topological polar surface area (TPSA) is 29.3 Å². The van der Waals surface area contributed by atoms with Crippen LogP contribution in [0, 0.1) is 0 Å². The van der Waals surface area contributed by atoms with Gasteiger partial charge in [0, 0.05) is 12.6 Å². The molecule has 2 N–H and O–H groups in total. The van der Waals surface area contributed by atoms with Crippen molar-refractivity contribution in [1.29, 1.82) is 0 Å². The van der Waals surface area contributed by atoms with E-state index in [1.54, 1.807) is 0 Å². The molecule has 0 radical (unpaired) electrons. The van der Waals surface area contributed by atoms with Crippen molar-refractivity contribution in [2.75, 3.05) is 13.1 Å². The van der Waals surface area contributed by atoms with Crippen molar-refractivity contribution in [2.45, 2.75) is 45.2 Å². The molecule has 94 valence electrons. The number of likely N-dealkylation sites (tertiary alicyclic amines) is 1. The fourth-order valence-corrected chi connectivity index (χ4v) is 2.64. The van der Waals surface area contributed by atoms with E-state index in [1.165, 1.54) is 43.5 Å². The summed E-state index contributed by atoms with van der Waals surface area (Å²) in [5.41, 5.74) is 8.26. The molecule has 1 saturated heterocycles. The number of rotatable bonds is 4. The molecule has 2 nitrogen and oxygen atoms in total. The van der Waals surface area contributed by atoms with Crippen LogP contribution in [-0.2, 0) is 13.0 Å². The molecule has 2 rings (SSSR count). The van der Waals surface area contributed by atoms with Gasteiger partial charge in [0.25, 0.3) is 0 Å². The fraction of sp³-hybridized carbons (Fsp3) is 0.600. The van der Waals surface area contributed by atoms with Gasteiger partial charge in [-0.1, -0.05) is 30.7 Å². The van der Waals surface area contributed by atoms with Crippen LogP contribution in [0.25, 0.3) is 0 Å². The fourth-order valence-electron chi connectivity index (χ4n) is 2.64. The minimum atomic E-state index is 0.641. The highest BCUT2D eigenvalue weighted by Gasteiger charge is 2.16. The lowest BCUT2D eigenvalue weighted by Gasteiger charge is -2.32. The van der Waals surface area contributed by atoms with Gasteiger partial charge in [0.15, 0.2) is 0 Å². The number of nitrogens with two attached hydrogens (primary N) is 1. The van der Waals surface area contributed by atoms with E-state index in [1.807, 2.05) is 0 Å². The third kappa shape index (κ3) is 3.55. The van der Waals surface area contributed by atoms with Gasteiger partial charge < -0.3 is 10.6 Å². The molecule has 1 heterocycles. The maximum absolute atomic E-state index is 5.61. The zero-order chi connectivity index (χ0) is 12.1. The minimum absolute atomic E-state index is 0.641. The normalized spacial score (nSPS) is 19.2. The highest BCUT2D eigenvalue weighted by Crippen LogP contribution is 2.15. The van der Waals surface area contributed by atoms with Crippen LogP contribution in [-0.4, -0.2) is 24.0 Å². The van der Waals surface area contributed by atoms with E-state index >= 15 is 0 Å². The number of hydrogen-bond donors (Lipinski definition) is 1. The molecular formula is C15H24N2. The van der Waals surface area contributed by atoms with Crippen molar-refractivity contribution in [2.24, 2.45) is 5.73 Å². The summed E-state index contributed by atoms with van der Waals surface area (Å²) in [7, 11) is 0. The van der Waals surface area contributed by atoms with Crippen LogP contribution in [0.2, 0.25) is 0 Å². The Hall–Kier alpha value is -0.860. The number of benzene rings is 1. The quantitative estimate of drug-likeness (QED) is 0.864. The smallest absolute Gasteiger partial charge is 0.0178 e. The molecule has 0 bridgehead atoms. The van der Waals surface area contributed by atoms with Crippen molar-refractivity contribution in [1.82, 2.24) is 4.90 Å². The van der Waals surface area contributed by atoms with E-state index in [-0.39, 0.29) is 0 Å². The van der Waals surface area contributed by atoms with E-state index in [9.17, 15) is 0 Å². The Morgan fingerprint density at radius 1 is 1.06 bits per heavy atom. The summed E-state index contributed by atoms with van der Waals surface area (Å²) in [6.45, 7) is 5.55. The second kappa shape index (κ2) is 6.18. The molecule has 0 saturated carbocycles. The molecule has 1 unspecified atom stereocenters. The minimum Gasteiger partial charge on any atom is -0.326 e. The van der Waals surface area contributed by atoms with E-state index in [0.29, 0.717) is 12.6 Å². The van der Waals surface area contributed by atoms with Crippen molar-refractivity contribution >= 4 is 0 Å². The largest absolute Gasteiger partial charge is 0.326 e. The van der Waals surface area contributed by atoms with Crippen LogP contribution in [0.5, 0.6) is 0 Å². The Labute approximate surface area is 105 Å². The molecular weight excluding hydrogens is 208 g/mol. The van der Waals surface area contributed by atoms with Crippen LogP contribution in [0.4, 0.5) is 0 Å². The Balaban J connectivity index is 1.89. The van der Waals surface area contributed by atoms with Gasteiger partial charge in [-0.05, 0) is 50.4 Å². The van der Waals surface area contributed by atoms with Crippen LogP contribution in [0.15, 0.2) is 24.3 Å². The maximum Gasteiger partial charge on any atom is 0.0178 e. The van der Waals surface area contributed by atoms with Crippen molar-refractivity contribution in [3.8, 4) is 0 Å². The van der Waals surface area contributed by atoms with Crippen LogP contribution in [0.1, 0.15) is 37.3 Å². The van der Waals surface area contributed by atoms with E-state index < -0.39 is 0 Å². The first kappa shape index (κ1) is 12.6. The Morgan fingerprint density at radius 2 is 1.65 bits per heavy atom. The molecule has 0 amide bonds. The monoisotopic (exact) mass is 232 g/mol. The lowest BCUT2D eigenvalue weighted by molar-refractivity contribution is 0.173. The van der Waals surface area contributed by atoms with Gasteiger partial charge in [-0.2, -0.15) is 0 Å². The third-order valence-electron chi connectivity index (χ3n) is 3.80. The summed E-state index contributed by atoms with van der Waals surface area (Å²) in [5, 5.41) is 0. The zero-order valence-electron chi connectivity index (χ0n) is 10.9. The average Bonchev–Trinajstić information content (AvgIpc) is 2.40. The molecule has 1 atom stereocenters. The van der Waals surface area contributed by atoms with Crippen molar-refractivity contribution in [3.05, 3.63) is 35.4 Å². The summed E-state index contributed by atoms with van der Waals surface area (Å²) in [6, 6.07) is 9.42. The highest BCUT2D eigenvalue weighted by atomic mass is 15.1. The predicted octanol–water partition coefficient (Wildman–Crippen LogP) is 2.56. The SMILES string of the molecule is CC(Cc1ccc(CN)cc1)N1CCCCC1. The van der Waals surface area contributed by atoms with Gasteiger partial charge in [-0.25, -0.2) is 0 Å². The van der Waals surface area contributed by atoms with Gasteiger partial charge in [-0.3, -0.25) is 0 Å². The summed E-state index contributed by atoms with van der Waals surface area (Å²) in [6.07, 6.45) is 5.31. The summed E-state index contributed by atoms with van der Waals surface area (Å²) in [4.78, 5) is 2.63. The second-order valence-electron chi connectivity index (χ2n) is 5.17. The second-order valence-corrected chi connectivity index (χ2v) is 5.17. The van der Waals surface area contributed by atoms with Gasteiger partial charge >= 0.3 is 0 Å². The van der Waals surface area contributed by atoms with Gasteiger partial charge in [0.2, 0.25) is 0 Å².